The largest absolute Gasteiger partial charge is 0.417 e. The summed E-state index contributed by atoms with van der Waals surface area (Å²) >= 11 is 2.82. The maximum absolute atomic E-state index is 12.7. The number of nitrogens with one attached hydrogen (secondary N) is 1. The first kappa shape index (κ1) is 17.7. The zero-order chi connectivity index (χ0) is 16.0. The molecular weight excluding hydrogens is 351 g/mol. The summed E-state index contributed by atoms with van der Waals surface area (Å²) in [5, 5.41) is 2.49. The van der Waals surface area contributed by atoms with Gasteiger partial charge in [0.15, 0.2) is 0 Å². The molecule has 0 aliphatic carbocycles. The number of hydrogen-bond acceptors (Lipinski definition) is 2. The molecule has 0 aromatic heterocycles. The number of carbonyl (C=O) groups is 1. The maximum Gasteiger partial charge on any atom is 0.417 e. The van der Waals surface area contributed by atoms with E-state index in [0.29, 0.717) is 6.61 Å². The lowest BCUT2D eigenvalue weighted by Gasteiger charge is -2.11. The molecule has 21 heavy (non-hydrogen) atoms. The first-order valence-electron chi connectivity index (χ1n) is 6.09. The lowest BCUT2D eigenvalue weighted by molar-refractivity contribution is -0.138. The quantitative estimate of drug-likeness (QED) is 0.615. The minimum atomic E-state index is -4.51. The molecule has 116 valence electrons. The molecule has 0 fully saturated rings. The molecule has 3 nitrogen and oxygen atoms in total. The Bertz CT molecular complexity index is 529. The molecule has 0 unspecified atom stereocenters. The third-order valence-electron chi connectivity index (χ3n) is 2.41. The monoisotopic (exact) mass is 365 g/mol. The lowest BCUT2D eigenvalue weighted by atomic mass is 10.1. The van der Waals surface area contributed by atoms with Gasteiger partial charge in [-0.25, -0.2) is 0 Å². The minimum Gasteiger partial charge on any atom is -0.375 e. The summed E-state index contributed by atoms with van der Waals surface area (Å²) in [6.45, 7) is 6.32. The summed E-state index contributed by atoms with van der Waals surface area (Å²) in [6, 6.07) is 3.34. The molecule has 1 aromatic rings. The van der Waals surface area contributed by atoms with E-state index in [-0.39, 0.29) is 23.2 Å². The fourth-order valence-electron chi connectivity index (χ4n) is 1.47. The van der Waals surface area contributed by atoms with Crippen LogP contribution in [0.1, 0.15) is 22.8 Å². The molecular formula is C14H15BrF3NO2. The molecule has 7 heteroatoms. The van der Waals surface area contributed by atoms with Crippen molar-refractivity contribution >= 4 is 21.8 Å². The van der Waals surface area contributed by atoms with Crippen molar-refractivity contribution in [1.82, 2.24) is 5.32 Å². The van der Waals surface area contributed by atoms with Crippen molar-refractivity contribution in [2.24, 2.45) is 0 Å². The Morgan fingerprint density at radius 2 is 2.10 bits per heavy atom. The van der Waals surface area contributed by atoms with Crippen LogP contribution in [0.4, 0.5) is 13.2 Å². The van der Waals surface area contributed by atoms with Crippen LogP contribution >= 0.6 is 15.9 Å². The summed E-state index contributed by atoms with van der Waals surface area (Å²) in [5.41, 5.74) is -0.0804. The SMILES string of the molecule is C=C(C)COCCNC(=O)c1ccc(Br)c(C(F)(F)F)c1. The van der Waals surface area contributed by atoms with Gasteiger partial charge in [-0.3, -0.25) is 4.79 Å². The normalized spacial score (nSPS) is 11.3. The lowest BCUT2D eigenvalue weighted by Crippen LogP contribution is -2.27. The molecule has 0 aliphatic rings. The average Bonchev–Trinajstić information content (AvgIpc) is 2.36. The van der Waals surface area contributed by atoms with E-state index in [9.17, 15) is 18.0 Å². The number of hydrogen-bond donors (Lipinski definition) is 1. The molecule has 0 saturated carbocycles. The van der Waals surface area contributed by atoms with Crippen molar-refractivity contribution in [3.63, 3.8) is 0 Å². The molecule has 0 atom stereocenters. The van der Waals surface area contributed by atoms with Crippen molar-refractivity contribution in [3.05, 3.63) is 46.0 Å². The predicted molar refractivity (Wildman–Crippen MR) is 77.1 cm³/mol. The third-order valence-corrected chi connectivity index (χ3v) is 3.11. The highest BCUT2D eigenvalue weighted by atomic mass is 79.9. The molecule has 1 N–H and O–H groups in total. The highest BCUT2D eigenvalue weighted by molar-refractivity contribution is 9.10. The second-order valence-electron chi connectivity index (χ2n) is 4.46. The topological polar surface area (TPSA) is 38.3 Å². The van der Waals surface area contributed by atoms with Gasteiger partial charge in [-0.1, -0.05) is 28.1 Å². The van der Waals surface area contributed by atoms with Gasteiger partial charge >= 0.3 is 6.18 Å². The van der Waals surface area contributed by atoms with E-state index in [4.69, 9.17) is 4.74 Å². The Morgan fingerprint density at radius 1 is 1.43 bits per heavy atom. The predicted octanol–water partition coefficient (Wildman–Crippen LogP) is 3.79. The van der Waals surface area contributed by atoms with Crippen LogP contribution in [0.2, 0.25) is 0 Å². The Labute approximate surface area is 129 Å². The fourth-order valence-corrected chi connectivity index (χ4v) is 1.94. The van der Waals surface area contributed by atoms with E-state index in [2.05, 4.69) is 27.8 Å². The molecule has 1 amide bonds. The average molecular weight is 366 g/mol. The summed E-state index contributed by atoms with van der Waals surface area (Å²) in [4.78, 5) is 11.8. The Kier molecular flexibility index (Phi) is 6.42. The Balaban J connectivity index is 2.61. The van der Waals surface area contributed by atoms with Crippen LogP contribution in [-0.2, 0) is 10.9 Å². The third kappa shape index (κ3) is 5.89. The van der Waals surface area contributed by atoms with E-state index in [1.165, 1.54) is 12.1 Å². The highest BCUT2D eigenvalue weighted by Gasteiger charge is 2.33. The second kappa shape index (κ2) is 7.61. The number of rotatable bonds is 6. The minimum absolute atomic E-state index is 0.0505. The number of alkyl halides is 3. The van der Waals surface area contributed by atoms with Crippen LogP contribution in [0.5, 0.6) is 0 Å². The van der Waals surface area contributed by atoms with Crippen molar-refractivity contribution in [3.8, 4) is 0 Å². The molecule has 0 bridgehead atoms. The van der Waals surface area contributed by atoms with Gasteiger partial charge in [0.05, 0.1) is 18.8 Å². The van der Waals surface area contributed by atoms with Gasteiger partial charge in [-0.05, 0) is 25.1 Å². The Hall–Kier alpha value is -1.34. The summed E-state index contributed by atoms with van der Waals surface area (Å²) < 4.78 is 43.3. The van der Waals surface area contributed by atoms with Crippen molar-refractivity contribution in [1.29, 1.82) is 0 Å². The second-order valence-corrected chi connectivity index (χ2v) is 5.31. The van der Waals surface area contributed by atoms with Gasteiger partial charge < -0.3 is 10.1 Å². The van der Waals surface area contributed by atoms with Crippen molar-refractivity contribution in [2.45, 2.75) is 13.1 Å². The first-order chi connectivity index (χ1) is 9.71. The van der Waals surface area contributed by atoms with Crippen molar-refractivity contribution < 1.29 is 22.7 Å². The number of halogens is 4. The number of amides is 1. The molecule has 0 radical (unpaired) electrons. The van der Waals surface area contributed by atoms with Gasteiger partial charge in [0.25, 0.3) is 5.91 Å². The van der Waals surface area contributed by atoms with Crippen LogP contribution in [0.3, 0.4) is 0 Å². The van der Waals surface area contributed by atoms with Crippen LogP contribution < -0.4 is 5.32 Å². The molecule has 0 saturated heterocycles. The van der Waals surface area contributed by atoms with E-state index < -0.39 is 17.6 Å². The highest BCUT2D eigenvalue weighted by Crippen LogP contribution is 2.35. The van der Waals surface area contributed by atoms with Crippen LogP contribution in [0.15, 0.2) is 34.8 Å². The zero-order valence-electron chi connectivity index (χ0n) is 11.4. The van der Waals surface area contributed by atoms with Crippen molar-refractivity contribution in [2.75, 3.05) is 19.8 Å². The molecule has 1 rings (SSSR count). The summed E-state index contributed by atoms with van der Waals surface area (Å²) in [5.74, 6) is -0.577. The van der Waals surface area contributed by atoms with E-state index in [0.717, 1.165) is 11.6 Å². The van der Waals surface area contributed by atoms with Gasteiger partial charge in [0.1, 0.15) is 0 Å². The van der Waals surface area contributed by atoms with Gasteiger partial charge in [0, 0.05) is 16.6 Å². The van der Waals surface area contributed by atoms with Gasteiger partial charge in [-0.15, -0.1) is 0 Å². The standard InChI is InChI=1S/C14H15BrF3NO2/c1-9(2)8-21-6-5-19-13(20)10-3-4-12(15)11(7-10)14(16,17)18/h3-4,7H,1,5-6,8H2,2H3,(H,19,20). The summed E-state index contributed by atoms with van der Waals surface area (Å²) in [6.07, 6.45) is -4.51. The maximum atomic E-state index is 12.7. The number of carbonyl (C=O) groups excluding carboxylic acids is 1. The molecule has 1 aromatic carbocycles. The Morgan fingerprint density at radius 3 is 2.67 bits per heavy atom. The van der Waals surface area contributed by atoms with Crippen LogP contribution in [-0.4, -0.2) is 25.7 Å². The van der Waals surface area contributed by atoms with E-state index >= 15 is 0 Å². The first-order valence-corrected chi connectivity index (χ1v) is 6.88. The van der Waals surface area contributed by atoms with Gasteiger partial charge in [0.2, 0.25) is 0 Å². The zero-order valence-corrected chi connectivity index (χ0v) is 13.0. The van der Waals surface area contributed by atoms with E-state index in [1.807, 2.05) is 0 Å². The number of benzene rings is 1. The van der Waals surface area contributed by atoms with Gasteiger partial charge in [-0.2, -0.15) is 13.2 Å². The molecule has 0 heterocycles. The molecule has 0 spiro atoms. The van der Waals surface area contributed by atoms with Crippen LogP contribution in [0, 0.1) is 0 Å². The fraction of sp³-hybridized carbons (Fsp3) is 0.357. The molecule has 0 aliphatic heterocycles. The number of ether oxygens (including phenoxy) is 1. The van der Waals surface area contributed by atoms with E-state index in [1.54, 1.807) is 6.92 Å². The smallest absolute Gasteiger partial charge is 0.375 e. The summed E-state index contributed by atoms with van der Waals surface area (Å²) in [7, 11) is 0. The van der Waals surface area contributed by atoms with Crippen LogP contribution in [0.25, 0.3) is 0 Å².